The van der Waals surface area contributed by atoms with Gasteiger partial charge in [-0.25, -0.2) is 8.78 Å². The predicted octanol–water partition coefficient (Wildman–Crippen LogP) is 4.95. The molecular weight excluding hydrogens is 468 g/mol. The molecule has 3 aromatic carbocycles. The van der Waals surface area contributed by atoms with Crippen molar-refractivity contribution in [3.63, 3.8) is 0 Å². The highest BCUT2D eigenvalue weighted by atomic mass is 32.2. The van der Waals surface area contributed by atoms with Crippen molar-refractivity contribution in [1.82, 2.24) is 9.80 Å². The number of nitrogens with zero attached hydrogens (tertiary/aromatic N) is 2. The Morgan fingerprint density at radius 2 is 1.34 bits per heavy atom. The number of amides is 2. The molecule has 0 aromatic heterocycles. The van der Waals surface area contributed by atoms with Crippen LogP contribution in [0.3, 0.4) is 0 Å². The van der Waals surface area contributed by atoms with E-state index in [1.807, 2.05) is 29.2 Å². The van der Waals surface area contributed by atoms with Gasteiger partial charge in [0.1, 0.15) is 11.6 Å². The minimum atomic E-state index is -0.302. The lowest BCUT2D eigenvalue weighted by Crippen LogP contribution is -2.50. The second kappa shape index (κ2) is 11.5. The Labute approximate surface area is 208 Å². The largest absolute Gasteiger partial charge is 0.339 e. The zero-order valence-electron chi connectivity index (χ0n) is 19.4. The fourth-order valence-corrected chi connectivity index (χ4v) is 5.01. The first-order valence-corrected chi connectivity index (χ1v) is 12.4. The second-order valence-corrected chi connectivity index (χ2v) is 9.47. The molecule has 5 nitrogen and oxygen atoms in total. The Balaban J connectivity index is 1.36. The van der Waals surface area contributed by atoms with Crippen LogP contribution in [0.15, 0.2) is 77.7 Å². The third-order valence-corrected chi connectivity index (χ3v) is 6.94. The smallest absolute Gasteiger partial charge is 0.233 e. The third kappa shape index (κ3) is 6.68. The number of carbonyl (C=O) groups is 2. The number of hydrogen-bond acceptors (Lipinski definition) is 4. The molecule has 3 aromatic rings. The van der Waals surface area contributed by atoms with Crippen LogP contribution in [0.5, 0.6) is 0 Å². The third-order valence-electron chi connectivity index (χ3n) is 5.94. The number of hydrogen-bond donors (Lipinski definition) is 1. The SMILES string of the molecule is CC(=O)Nc1ccc(SCC(=O)N2CCN(C(c3ccc(F)cc3)c3ccc(F)cc3)CC2)cc1. The maximum absolute atomic E-state index is 13.5. The summed E-state index contributed by atoms with van der Waals surface area (Å²) in [6, 6.07) is 20.0. The van der Waals surface area contributed by atoms with Crippen LogP contribution in [0.1, 0.15) is 24.1 Å². The van der Waals surface area contributed by atoms with E-state index in [1.165, 1.54) is 43.0 Å². The van der Waals surface area contributed by atoms with Crippen molar-refractivity contribution in [3.8, 4) is 0 Å². The highest BCUT2D eigenvalue weighted by Gasteiger charge is 2.28. The molecule has 0 spiro atoms. The Morgan fingerprint density at radius 1 is 0.829 bits per heavy atom. The van der Waals surface area contributed by atoms with E-state index in [4.69, 9.17) is 0 Å². The summed E-state index contributed by atoms with van der Waals surface area (Å²) in [7, 11) is 0. The number of halogens is 2. The second-order valence-electron chi connectivity index (χ2n) is 8.42. The number of rotatable bonds is 7. The van der Waals surface area contributed by atoms with Gasteiger partial charge in [-0.3, -0.25) is 14.5 Å². The van der Waals surface area contributed by atoms with E-state index in [9.17, 15) is 18.4 Å². The lowest BCUT2D eigenvalue weighted by molar-refractivity contribution is -0.130. The molecule has 0 unspecified atom stereocenters. The Morgan fingerprint density at radius 3 is 1.83 bits per heavy atom. The normalized spacial score (nSPS) is 14.2. The summed E-state index contributed by atoms with van der Waals surface area (Å²) in [5, 5.41) is 2.73. The van der Waals surface area contributed by atoms with Crippen molar-refractivity contribution < 1.29 is 18.4 Å². The van der Waals surface area contributed by atoms with Crippen LogP contribution < -0.4 is 5.32 Å². The van der Waals surface area contributed by atoms with Gasteiger partial charge in [0.2, 0.25) is 11.8 Å². The van der Waals surface area contributed by atoms with E-state index in [2.05, 4.69) is 10.2 Å². The molecule has 0 radical (unpaired) electrons. The van der Waals surface area contributed by atoms with E-state index in [0.29, 0.717) is 31.9 Å². The number of benzene rings is 3. The van der Waals surface area contributed by atoms with Crippen LogP contribution in [-0.2, 0) is 9.59 Å². The first-order chi connectivity index (χ1) is 16.9. The highest BCUT2D eigenvalue weighted by molar-refractivity contribution is 8.00. The molecule has 1 heterocycles. The van der Waals surface area contributed by atoms with E-state index in [-0.39, 0.29) is 29.5 Å². The number of anilines is 1. The number of piperazine rings is 1. The summed E-state index contributed by atoms with van der Waals surface area (Å²) in [5.41, 5.74) is 2.58. The Kier molecular flexibility index (Phi) is 8.15. The molecule has 8 heteroatoms. The van der Waals surface area contributed by atoms with E-state index in [1.54, 1.807) is 24.3 Å². The fraction of sp³-hybridized carbons (Fsp3) is 0.259. The van der Waals surface area contributed by atoms with Gasteiger partial charge >= 0.3 is 0 Å². The molecule has 182 valence electrons. The Bertz CT molecular complexity index is 1100. The van der Waals surface area contributed by atoms with Gasteiger partial charge in [-0.05, 0) is 59.7 Å². The number of nitrogens with one attached hydrogen (secondary N) is 1. The Hall–Kier alpha value is -3.23. The van der Waals surface area contributed by atoms with Crippen LogP contribution in [0.4, 0.5) is 14.5 Å². The summed E-state index contributed by atoms with van der Waals surface area (Å²) < 4.78 is 27.1. The van der Waals surface area contributed by atoms with Crippen molar-refractivity contribution in [1.29, 1.82) is 0 Å². The topological polar surface area (TPSA) is 52.7 Å². The summed E-state index contributed by atoms with van der Waals surface area (Å²) in [5.74, 6) is -0.325. The zero-order chi connectivity index (χ0) is 24.8. The molecule has 0 atom stereocenters. The molecule has 1 N–H and O–H groups in total. The number of carbonyl (C=O) groups excluding carboxylic acids is 2. The average molecular weight is 496 g/mol. The van der Waals surface area contributed by atoms with Gasteiger partial charge in [0.05, 0.1) is 11.8 Å². The van der Waals surface area contributed by atoms with Gasteiger partial charge in [0, 0.05) is 43.7 Å². The molecule has 1 fully saturated rings. The molecule has 0 bridgehead atoms. The molecule has 1 saturated heterocycles. The van der Waals surface area contributed by atoms with Crippen molar-refractivity contribution >= 4 is 29.3 Å². The minimum absolute atomic E-state index is 0.0701. The van der Waals surface area contributed by atoms with Gasteiger partial charge in [0.25, 0.3) is 0 Å². The standard InChI is InChI=1S/C27H27F2N3O2S/c1-19(33)30-24-10-12-25(13-11-24)35-18-26(34)31-14-16-32(17-15-31)27(20-2-6-22(28)7-3-20)21-4-8-23(29)9-5-21/h2-13,27H,14-18H2,1H3,(H,30,33). The average Bonchev–Trinajstić information content (AvgIpc) is 2.86. The zero-order valence-corrected chi connectivity index (χ0v) is 20.2. The molecule has 1 aliphatic rings. The highest BCUT2D eigenvalue weighted by Crippen LogP contribution is 2.30. The quantitative estimate of drug-likeness (QED) is 0.472. The van der Waals surface area contributed by atoms with Crippen LogP contribution >= 0.6 is 11.8 Å². The molecule has 0 saturated carbocycles. The molecule has 35 heavy (non-hydrogen) atoms. The maximum atomic E-state index is 13.5. The summed E-state index contributed by atoms with van der Waals surface area (Å²) in [4.78, 5) is 29.0. The molecule has 4 rings (SSSR count). The van der Waals surface area contributed by atoms with E-state index in [0.717, 1.165) is 21.7 Å². The summed E-state index contributed by atoms with van der Waals surface area (Å²) in [6.07, 6.45) is 0. The van der Waals surface area contributed by atoms with Crippen LogP contribution in [0.25, 0.3) is 0 Å². The van der Waals surface area contributed by atoms with E-state index >= 15 is 0 Å². The van der Waals surface area contributed by atoms with Crippen LogP contribution in [0, 0.1) is 11.6 Å². The van der Waals surface area contributed by atoms with Crippen molar-refractivity contribution in [2.24, 2.45) is 0 Å². The summed E-state index contributed by atoms with van der Waals surface area (Å²) >= 11 is 1.46. The molecule has 1 aliphatic heterocycles. The van der Waals surface area contributed by atoms with Crippen LogP contribution in [0.2, 0.25) is 0 Å². The van der Waals surface area contributed by atoms with Gasteiger partial charge in [-0.2, -0.15) is 0 Å². The maximum Gasteiger partial charge on any atom is 0.233 e. The van der Waals surface area contributed by atoms with Crippen molar-refractivity contribution in [3.05, 3.63) is 95.6 Å². The lowest BCUT2D eigenvalue weighted by atomic mass is 9.96. The molecule has 0 aliphatic carbocycles. The number of thioether (sulfide) groups is 1. The van der Waals surface area contributed by atoms with Gasteiger partial charge in [-0.15, -0.1) is 11.8 Å². The lowest BCUT2D eigenvalue weighted by Gasteiger charge is -2.39. The first kappa shape index (κ1) is 24.9. The molecular formula is C27H27F2N3O2S. The summed E-state index contributed by atoms with van der Waals surface area (Å²) in [6.45, 7) is 3.94. The van der Waals surface area contributed by atoms with Gasteiger partial charge in [0.15, 0.2) is 0 Å². The fourth-order valence-electron chi connectivity index (χ4n) is 4.21. The van der Waals surface area contributed by atoms with Gasteiger partial charge < -0.3 is 10.2 Å². The first-order valence-electron chi connectivity index (χ1n) is 11.4. The van der Waals surface area contributed by atoms with Crippen LogP contribution in [-0.4, -0.2) is 53.5 Å². The minimum Gasteiger partial charge on any atom is -0.339 e. The predicted molar refractivity (Wildman–Crippen MR) is 134 cm³/mol. The van der Waals surface area contributed by atoms with Gasteiger partial charge in [-0.1, -0.05) is 24.3 Å². The van der Waals surface area contributed by atoms with Crippen molar-refractivity contribution in [2.45, 2.75) is 17.9 Å². The molecule has 2 amide bonds. The monoisotopic (exact) mass is 495 g/mol. The van der Waals surface area contributed by atoms with Crippen molar-refractivity contribution in [2.75, 3.05) is 37.2 Å². The van der Waals surface area contributed by atoms with E-state index < -0.39 is 0 Å².